The number of methoxy groups -OCH3 is 1. The number of fused-ring (bicyclic) bond motifs is 1. The van der Waals surface area contributed by atoms with E-state index in [2.05, 4.69) is 15.9 Å². The molecular weight excluding hydrogens is 496 g/mol. The molecule has 1 unspecified atom stereocenters. The van der Waals surface area contributed by atoms with E-state index in [4.69, 9.17) is 4.74 Å². The van der Waals surface area contributed by atoms with Crippen LogP contribution >= 0.6 is 15.9 Å². The number of benzene rings is 3. The predicted molar refractivity (Wildman–Crippen MR) is 135 cm³/mol. The Balaban J connectivity index is 1.80. The minimum absolute atomic E-state index is 0.0477. The lowest BCUT2D eigenvalue weighted by atomic mass is 9.94. The second-order valence-corrected chi connectivity index (χ2v) is 9.01. The number of ketones is 1. The molecule has 1 saturated heterocycles. The molecule has 0 bridgehead atoms. The van der Waals surface area contributed by atoms with Gasteiger partial charge in [-0.15, -0.1) is 0 Å². The van der Waals surface area contributed by atoms with E-state index < -0.39 is 17.7 Å². The first-order valence-electron chi connectivity index (χ1n) is 10.7. The highest BCUT2D eigenvalue weighted by atomic mass is 79.9. The molecule has 1 amide bonds. The fourth-order valence-corrected chi connectivity index (χ4v) is 4.77. The van der Waals surface area contributed by atoms with Gasteiger partial charge in [0.2, 0.25) is 0 Å². The zero-order valence-electron chi connectivity index (χ0n) is 18.5. The number of aryl methyl sites for hydroxylation is 1. The van der Waals surface area contributed by atoms with Gasteiger partial charge in [-0.05, 0) is 30.3 Å². The van der Waals surface area contributed by atoms with Crippen LogP contribution in [-0.4, -0.2) is 28.5 Å². The monoisotopic (exact) mass is 516 g/mol. The minimum Gasteiger partial charge on any atom is -0.507 e. The third-order valence-electron chi connectivity index (χ3n) is 6.12. The highest BCUT2D eigenvalue weighted by molar-refractivity contribution is 9.10. The lowest BCUT2D eigenvalue weighted by molar-refractivity contribution is -0.132. The summed E-state index contributed by atoms with van der Waals surface area (Å²) >= 11 is 3.39. The molecule has 1 aliphatic heterocycles. The number of hydrogen-bond donors (Lipinski definition) is 1. The summed E-state index contributed by atoms with van der Waals surface area (Å²) in [6.07, 6.45) is 1.91. The van der Waals surface area contributed by atoms with E-state index in [-0.39, 0.29) is 11.3 Å². The van der Waals surface area contributed by atoms with Crippen LogP contribution in [0.15, 0.2) is 89.0 Å². The Morgan fingerprint density at radius 2 is 1.74 bits per heavy atom. The molecule has 1 atom stereocenters. The molecule has 1 N–H and O–H groups in total. The van der Waals surface area contributed by atoms with Crippen molar-refractivity contribution in [1.29, 1.82) is 0 Å². The second-order valence-electron chi connectivity index (χ2n) is 8.09. The van der Waals surface area contributed by atoms with Crippen LogP contribution in [0.3, 0.4) is 0 Å². The van der Waals surface area contributed by atoms with Crippen molar-refractivity contribution in [2.45, 2.75) is 6.04 Å². The van der Waals surface area contributed by atoms with Gasteiger partial charge in [-0.25, -0.2) is 0 Å². The van der Waals surface area contributed by atoms with E-state index in [1.54, 1.807) is 55.6 Å². The van der Waals surface area contributed by atoms with E-state index in [9.17, 15) is 14.7 Å². The molecule has 2 heterocycles. The third-order valence-corrected chi connectivity index (χ3v) is 6.64. The largest absolute Gasteiger partial charge is 0.507 e. The normalized spacial score (nSPS) is 17.5. The van der Waals surface area contributed by atoms with E-state index in [0.717, 1.165) is 20.9 Å². The molecule has 34 heavy (non-hydrogen) atoms. The number of rotatable bonds is 4. The molecule has 0 radical (unpaired) electrons. The van der Waals surface area contributed by atoms with Crippen LogP contribution in [0.5, 0.6) is 5.75 Å². The maximum Gasteiger partial charge on any atom is 0.300 e. The van der Waals surface area contributed by atoms with E-state index in [0.29, 0.717) is 17.0 Å². The molecular formula is C27H21BrN2O4. The van der Waals surface area contributed by atoms with Gasteiger partial charge < -0.3 is 14.4 Å². The highest BCUT2D eigenvalue weighted by Gasteiger charge is 2.48. The van der Waals surface area contributed by atoms with Crippen molar-refractivity contribution in [3.8, 4) is 5.75 Å². The van der Waals surface area contributed by atoms with E-state index in [1.807, 2.05) is 42.1 Å². The highest BCUT2D eigenvalue weighted by Crippen LogP contribution is 2.45. The van der Waals surface area contributed by atoms with Crippen molar-refractivity contribution in [3.63, 3.8) is 0 Å². The van der Waals surface area contributed by atoms with Gasteiger partial charge in [-0.1, -0.05) is 52.3 Å². The van der Waals surface area contributed by atoms with Gasteiger partial charge in [0.1, 0.15) is 11.5 Å². The molecule has 6 nitrogen and oxygen atoms in total. The number of amides is 1. The van der Waals surface area contributed by atoms with Crippen LogP contribution in [0, 0.1) is 0 Å². The SMILES string of the molecule is COc1cccc(N2C(=O)C(=O)/C(=C(/O)c3ccc(Br)cc3)C2c2cn(C)c3ccccc23)c1. The van der Waals surface area contributed by atoms with Gasteiger partial charge in [-0.3, -0.25) is 14.5 Å². The summed E-state index contributed by atoms with van der Waals surface area (Å²) in [5, 5.41) is 12.2. The first kappa shape index (κ1) is 22.0. The fourth-order valence-electron chi connectivity index (χ4n) is 4.51. The third kappa shape index (κ3) is 3.49. The number of Topliss-reactive ketones (excluding diaryl/α,β-unsaturated/α-hetero) is 1. The Morgan fingerprint density at radius 1 is 1.00 bits per heavy atom. The summed E-state index contributed by atoms with van der Waals surface area (Å²) in [5.74, 6) is -1.09. The number of aliphatic hydroxyl groups is 1. The van der Waals surface area contributed by atoms with Crippen LogP contribution < -0.4 is 9.64 Å². The summed E-state index contributed by atoms with van der Waals surface area (Å²) in [5.41, 5.74) is 2.72. The molecule has 0 aliphatic carbocycles. The smallest absolute Gasteiger partial charge is 0.300 e. The average Bonchev–Trinajstić information content (AvgIpc) is 3.32. The molecule has 5 rings (SSSR count). The zero-order chi connectivity index (χ0) is 24.0. The van der Waals surface area contributed by atoms with Gasteiger partial charge in [0.25, 0.3) is 11.7 Å². The number of aromatic nitrogens is 1. The van der Waals surface area contributed by atoms with Crippen LogP contribution in [0.1, 0.15) is 17.2 Å². The van der Waals surface area contributed by atoms with Crippen molar-refractivity contribution < 1.29 is 19.4 Å². The van der Waals surface area contributed by atoms with Crippen LogP contribution in [0.2, 0.25) is 0 Å². The van der Waals surface area contributed by atoms with Crippen molar-refractivity contribution in [2.24, 2.45) is 7.05 Å². The Hall–Kier alpha value is -3.84. The maximum atomic E-state index is 13.4. The standard InChI is InChI=1S/C27H21BrN2O4/c1-29-15-21(20-8-3-4-9-22(20)29)24-23(25(31)16-10-12-17(28)13-11-16)26(32)27(33)30(24)18-6-5-7-19(14-18)34-2/h3-15,24,31H,1-2H3/b25-23+. The quantitative estimate of drug-likeness (QED) is 0.218. The molecule has 1 fully saturated rings. The summed E-state index contributed by atoms with van der Waals surface area (Å²) < 4.78 is 8.15. The molecule has 1 aromatic heterocycles. The molecule has 0 saturated carbocycles. The predicted octanol–water partition coefficient (Wildman–Crippen LogP) is 5.58. The summed E-state index contributed by atoms with van der Waals surface area (Å²) in [6, 6.07) is 20.9. The first-order valence-corrected chi connectivity index (χ1v) is 11.4. The molecule has 170 valence electrons. The average molecular weight is 517 g/mol. The van der Waals surface area contributed by atoms with Gasteiger partial charge in [-0.2, -0.15) is 0 Å². The molecule has 7 heteroatoms. The van der Waals surface area contributed by atoms with Crippen molar-refractivity contribution in [1.82, 2.24) is 4.57 Å². The summed E-state index contributed by atoms with van der Waals surface area (Å²) in [6.45, 7) is 0. The number of carbonyl (C=O) groups excluding carboxylic acids is 2. The number of halogens is 1. The van der Waals surface area contributed by atoms with Crippen LogP contribution in [0.4, 0.5) is 5.69 Å². The number of aliphatic hydroxyl groups excluding tert-OH is 1. The fraction of sp³-hybridized carbons (Fsp3) is 0.111. The zero-order valence-corrected chi connectivity index (χ0v) is 20.1. The van der Waals surface area contributed by atoms with Gasteiger partial charge in [0, 0.05) is 51.5 Å². The summed E-state index contributed by atoms with van der Waals surface area (Å²) in [4.78, 5) is 28.2. The molecule has 3 aromatic carbocycles. The van der Waals surface area contributed by atoms with Gasteiger partial charge in [0.15, 0.2) is 0 Å². The van der Waals surface area contributed by atoms with Gasteiger partial charge >= 0.3 is 0 Å². The Kier molecular flexibility index (Phi) is 5.49. The van der Waals surface area contributed by atoms with Crippen LogP contribution in [-0.2, 0) is 16.6 Å². The first-order chi connectivity index (χ1) is 16.4. The number of ether oxygens (including phenoxy) is 1. The maximum absolute atomic E-state index is 13.4. The lowest BCUT2D eigenvalue weighted by Crippen LogP contribution is -2.29. The Bertz CT molecular complexity index is 1470. The number of anilines is 1. The number of hydrogen-bond acceptors (Lipinski definition) is 4. The van der Waals surface area contributed by atoms with Crippen LogP contribution in [0.25, 0.3) is 16.7 Å². The van der Waals surface area contributed by atoms with Gasteiger partial charge in [0.05, 0.1) is 18.7 Å². The number of carbonyl (C=O) groups is 2. The Labute approximate surface area is 204 Å². The van der Waals surface area contributed by atoms with Crippen molar-refractivity contribution >= 4 is 50.0 Å². The number of para-hydroxylation sites is 1. The van der Waals surface area contributed by atoms with Crippen molar-refractivity contribution in [3.05, 3.63) is 100 Å². The molecule has 1 aliphatic rings. The number of nitrogens with zero attached hydrogens (tertiary/aromatic N) is 2. The van der Waals surface area contributed by atoms with E-state index >= 15 is 0 Å². The molecule has 0 spiro atoms. The Morgan fingerprint density at radius 3 is 2.47 bits per heavy atom. The lowest BCUT2D eigenvalue weighted by Gasteiger charge is -2.25. The topological polar surface area (TPSA) is 71.8 Å². The minimum atomic E-state index is -0.818. The second kappa shape index (κ2) is 8.50. The summed E-state index contributed by atoms with van der Waals surface area (Å²) in [7, 11) is 3.46. The molecule has 4 aromatic rings. The van der Waals surface area contributed by atoms with Crippen molar-refractivity contribution in [2.75, 3.05) is 12.0 Å². The van der Waals surface area contributed by atoms with E-state index in [1.165, 1.54) is 4.90 Å².